The van der Waals surface area contributed by atoms with Crippen molar-refractivity contribution in [1.82, 2.24) is 20.0 Å². The van der Waals surface area contributed by atoms with Crippen LogP contribution < -0.4 is 5.32 Å². The molecule has 0 spiro atoms. The molecule has 0 fully saturated rings. The van der Waals surface area contributed by atoms with Crippen LogP contribution in [0.2, 0.25) is 0 Å². The van der Waals surface area contributed by atoms with Crippen molar-refractivity contribution in [1.29, 1.82) is 0 Å². The quantitative estimate of drug-likeness (QED) is 0.836. The van der Waals surface area contributed by atoms with Crippen molar-refractivity contribution in [2.75, 3.05) is 20.1 Å². The van der Waals surface area contributed by atoms with Crippen LogP contribution in [0.25, 0.3) is 0 Å². The van der Waals surface area contributed by atoms with E-state index in [0.717, 1.165) is 32.1 Å². The predicted octanol–water partition coefficient (Wildman–Crippen LogP) is 0.912. The Balaban J connectivity index is 0.00000128. The molecule has 0 unspecified atom stereocenters. The maximum Gasteiger partial charge on any atom is 0.194 e. The summed E-state index contributed by atoms with van der Waals surface area (Å²) in [5.41, 5.74) is 1.19. The van der Waals surface area contributed by atoms with E-state index >= 15 is 0 Å². The van der Waals surface area contributed by atoms with Gasteiger partial charge in [0.1, 0.15) is 0 Å². The lowest BCUT2D eigenvalue weighted by Gasteiger charge is -2.14. The maximum atomic E-state index is 4.36. The first-order chi connectivity index (χ1) is 7.29. The number of halogens is 1. The monoisotopic (exact) mass is 335 g/mol. The number of aliphatic imine (C=N–C) groups is 1. The highest BCUT2D eigenvalue weighted by Crippen LogP contribution is 2.00. The van der Waals surface area contributed by atoms with Gasteiger partial charge in [0.05, 0.1) is 12.7 Å². The summed E-state index contributed by atoms with van der Waals surface area (Å²) in [5, 5.41) is 7.53. The third-order valence-corrected chi connectivity index (χ3v) is 2.52. The van der Waals surface area contributed by atoms with Gasteiger partial charge in [-0.2, -0.15) is 5.10 Å². The molecule has 0 saturated carbocycles. The fraction of sp³-hybridized carbons (Fsp3) is 0.600. The molecule has 2 rings (SSSR count). The first-order valence-corrected chi connectivity index (χ1v) is 5.30. The first kappa shape index (κ1) is 13.3. The topological polar surface area (TPSA) is 45.5 Å². The van der Waals surface area contributed by atoms with Crippen LogP contribution in [0.3, 0.4) is 0 Å². The molecule has 2 heterocycles. The second-order valence-corrected chi connectivity index (χ2v) is 3.68. The Kier molecular flexibility index (Phi) is 5.04. The zero-order valence-electron chi connectivity index (χ0n) is 9.68. The third-order valence-electron chi connectivity index (χ3n) is 2.52. The Labute approximate surface area is 113 Å². The Morgan fingerprint density at radius 1 is 1.50 bits per heavy atom. The Morgan fingerprint density at radius 2 is 2.31 bits per heavy atom. The average molecular weight is 335 g/mol. The fourth-order valence-corrected chi connectivity index (χ4v) is 1.58. The summed E-state index contributed by atoms with van der Waals surface area (Å²) in [6, 6.07) is 0. The van der Waals surface area contributed by atoms with Gasteiger partial charge >= 0.3 is 0 Å². The van der Waals surface area contributed by atoms with Crippen molar-refractivity contribution < 1.29 is 0 Å². The van der Waals surface area contributed by atoms with E-state index in [9.17, 15) is 0 Å². The molecule has 6 heteroatoms. The van der Waals surface area contributed by atoms with Gasteiger partial charge in [-0.3, -0.25) is 9.67 Å². The molecule has 0 atom stereocenters. The molecule has 5 nitrogen and oxygen atoms in total. The van der Waals surface area contributed by atoms with Crippen molar-refractivity contribution in [3.05, 3.63) is 18.0 Å². The van der Waals surface area contributed by atoms with Crippen molar-refractivity contribution in [3.8, 4) is 0 Å². The van der Waals surface area contributed by atoms with Gasteiger partial charge in [0, 0.05) is 38.4 Å². The van der Waals surface area contributed by atoms with Crippen LogP contribution in [0.1, 0.15) is 12.5 Å². The van der Waals surface area contributed by atoms with E-state index in [0.29, 0.717) is 0 Å². The normalized spacial score (nSPS) is 14.6. The standard InChI is InChI=1S/C10H17N5.HI/c1-3-15-8-9(7-13-15)6-12-10-11-4-5-14(10)2;/h7-8H,3-6H2,1-2H3,(H,11,12);1H. The van der Waals surface area contributed by atoms with Crippen molar-refractivity contribution in [2.24, 2.45) is 4.99 Å². The second kappa shape index (κ2) is 6.07. The molecule has 0 aliphatic carbocycles. The first-order valence-electron chi connectivity index (χ1n) is 5.30. The van der Waals surface area contributed by atoms with Gasteiger partial charge in [-0.05, 0) is 6.92 Å². The Morgan fingerprint density at radius 3 is 2.88 bits per heavy atom. The zero-order chi connectivity index (χ0) is 10.7. The van der Waals surface area contributed by atoms with Crippen LogP contribution in [0.4, 0.5) is 0 Å². The molecule has 16 heavy (non-hydrogen) atoms. The molecular formula is C10H18IN5. The van der Waals surface area contributed by atoms with Gasteiger partial charge in [0.2, 0.25) is 0 Å². The lowest BCUT2D eigenvalue weighted by atomic mass is 10.3. The number of hydrogen-bond acceptors (Lipinski definition) is 4. The molecule has 0 bridgehead atoms. The van der Waals surface area contributed by atoms with Gasteiger partial charge in [0.25, 0.3) is 0 Å². The number of nitrogens with zero attached hydrogens (tertiary/aromatic N) is 4. The number of likely N-dealkylation sites (N-methyl/N-ethyl adjacent to an activating group) is 1. The van der Waals surface area contributed by atoms with Crippen LogP contribution in [-0.2, 0) is 13.1 Å². The fourth-order valence-electron chi connectivity index (χ4n) is 1.58. The zero-order valence-corrected chi connectivity index (χ0v) is 12.0. The summed E-state index contributed by atoms with van der Waals surface area (Å²) in [5.74, 6) is 0.985. The minimum Gasteiger partial charge on any atom is -0.352 e. The number of hydrogen-bond donors (Lipinski definition) is 1. The molecule has 0 aromatic carbocycles. The summed E-state index contributed by atoms with van der Waals surface area (Å²) in [7, 11) is 2.05. The molecule has 1 aromatic rings. The van der Waals surface area contributed by atoms with E-state index in [2.05, 4.69) is 33.4 Å². The van der Waals surface area contributed by atoms with Gasteiger partial charge in [-0.1, -0.05) is 0 Å². The van der Waals surface area contributed by atoms with Crippen LogP contribution >= 0.6 is 24.0 Å². The summed E-state index contributed by atoms with van der Waals surface area (Å²) in [6.07, 6.45) is 3.95. The summed E-state index contributed by atoms with van der Waals surface area (Å²) >= 11 is 0. The Hall–Kier alpha value is -0.790. The van der Waals surface area contributed by atoms with Crippen molar-refractivity contribution >= 4 is 29.9 Å². The van der Waals surface area contributed by atoms with E-state index < -0.39 is 0 Å². The maximum absolute atomic E-state index is 4.36. The van der Waals surface area contributed by atoms with E-state index in [1.807, 2.05) is 17.9 Å². The number of aromatic nitrogens is 2. The highest BCUT2D eigenvalue weighted by atomic mass is 127. The largest absolute Gasteiger partial charge is 0.352 e. The van der Waals surface area contributed by atoms with E-state index in [4.69, 9.17) is 0 Å². The number of guanidine groups is 1. The average Bonchev–Trinajstić information content (AvgIpc) is 2.84. The van der Waals surface area contributed by atoms with Crippen LogP contribution in [0, 0.1) is 0 Å². The smallest absolute Gasteiger partial charge is 0.194 e. The van der Waals surface area contributed by atoms with E-state index in [1.165, 1.54) is 5.56 Å². The minimum absolute atomic E-state index is 0. The summed E-state index contributed by atoms with van der Waals surface area (Å²) in [6.45, 7) is 5.70. The highest BCUT2D eigenvalue weighted by molar-refractivity contribution is 14.0. The minimum atomic E-state index is 0. The van der Waals surface area contributed by atoms with Gasteiger partial charge in [-0.15, -0.1) is 24.0 Å². The summed E-state index contributed by atoms with van der Waals surface area (Å²) < 4.78 is 1.93. The third kappa shape index (κ3) is 3.10. The lowest BCUT2D eigenvalue weighted by Crippen LogP contribution is -2.34. The molecule has 90 valence electrons. The van der Waals surface area contributed by atoms with Crippen molar-refractivity contribution in [3.63, 3.8) is 0 Å². The van der Waals surface area contributed by atoms with E-state index in [-0.39, 0.29) is 24.0 Å². The molecule has 0 amide bonds. The molecule has 0 saturated heterocycles. The molecule has 1 N–H and O–H groups in total. The second-order valence-electron chi connectivity index (χ2n) is 3.68. The van der Waals surface area contributed by atoms with Crippen LogP contribution in [-0.4, -0.2) is 40.8 Å². The van der Waals surface area contributed by atoms with E-state index in [1.54, 1.807) is 0 Å². The Bertz CT molecular complexity index is 360. The number of rotatable bonds is 3. The van der Waals surface area contributed by atoms with Gasteiger partial charge in [-0.25, -0.2) is 0 Å². The number of aryl methyl sites for hydroxylation is 1. The summed E-state index contributed by atoms with van der Waals surface area (Å²) in [4.78, 5) is 6.49. The van der Waals surface area contributed by atoms with Gasteiger partial charge in [0.15, 0.2) is 5.96 Å². The molecule has 1 aliphatic rings. The SMILES string of the molecule is CCn1cc(CNC2=NCCN2C)cn1.I. The van der Waals surface area contributed by atoms with Gasteiger partial charge < -0.3 is 10.2 Å². The predicted molar refractivity (Wildman–Crippen MR) is 75.1 cm³/mol. The van der Waals surface area contributed by atoms with Crippen LogP contribution in [0.5, 0.6) is 0 Å². The molecule has 1 aliphatic heterocycles. The van der Waals surface area contributed by atoms with Crippen LogP contribution in [0.15, 0.2) is 17.4 Å². The lowest BCUT2D eigenvalue weighted by molar-refractivity contribution is 0.534. The highest BCUT2D eigenvalue weighted by Gasteiger charge is 2.11. The molecular weight excluding hydrogens is 317 g/mol. The molecule has 1 aromatic heterocycles. The van der Waals surface area contributed by atoms with Crippen molar-refractivity contribution in [2.45, 2.75) is 20.0 Å². The molecule has 0 radical (unpaired) electrons. The number of nitrogens with one attached hydrogen (secondary N) is 1.